The van der Waals surface area contributed by atoms with Gasteiger partial charge in [-0.05, 0) is 47.9 Å². The van der Waals surface area contributed by atoms with Gasteiger partial charge in [0.05, 0.1) is 0 Å². The number of rotatable bonds is 1. The van der Waals surface area contributed by atoms with Crippen LogP contribution >= 0.6 is 15.9 Å². The molecule has 0 unspecified atom stereocenters. The molecule has 0 atom stereocenters. The Kier molecular flexibility index (Phi) is 4.93. The van der Waals surface area contributed by atoms with E-state index < -0.39 is 0 Å². The van der Waals surface area contributed by atoms with Gasteiger partial charge in [0.25, 0.3) is 0 Å². The first-order chi connectivity index (χ1) is 9.25. The predicted molar refractivity (Wildman–Crippen MR) is 79.0 cm³/mol. The van der Waals surface area contributed by atoms with Crippen molar-refractivity contribution in [3.63, 3.8) is 0 Å². The molecule has 0 spiro atoms. The molecular formula is C14H19BrFN3. The van der Waals surface area contributed by atoms with Crippen molar-refractivity contribution in [1.29, 1.82) is 0 Å². The van der Waals surface area contributed by atoms with E-state index in [0.717, 1.165) is 36.1 Å². The molecule has 1 N–H and O–H groups in total. The number of imidazole rings is 1. The average Bonchev–Trinajstić information content (AvgIpc) is 2.86. The third kappa shape index (κ3) is 2.98. The van der Waals surface area contributed by atoms with E-state index in [1.165, 1.54) is 6.07 Å². The monoisotopic (exact) mass is 327 g/mol. The van der Waals surface area contributed by atoms with Gasteiger partial charge in [-0.1, -0.05) is 13.8 Å². The lowest BCUT2D eigenvalue weighted by molar-refractivity contribution is 0.451. The van der Waals surface area contributed by atoms with Gasteiger partial charge in [0.1, 0.15) is 0 Å². The second kappa shape index (κ2) is 6.48. The van der Waals surface area contributed by atoms with Crippen LogP contribution in [0, 0.1) is 5.82 Å². The molecule has 2 aromatic heterocycles. The van der Waals surface area contributed by atoms with Crippen LogP contribution in [-0.2, 0) is 0 Å². The first-order valence-corrected chi connectivity index (χ1v) is 7.58. The van der Waals surface area contributed by atoms with Crippen molar-refractivity contribution in [2.24, 2.45) is 0 Å². The van der Waals surface area contributed by atoms with Gasteiger partial charge in [-0.15, -0.1) is 0 Å². The zero-order valence-electron chi connectivity index (χ0n) is 11.3. The number of fused-ring (bicyclic) bond motifs is 1. The summed E-state index contributed by atoms with van der Waals surface area (Å²) >= 11 is 3.33. The Bertz CT molecular complexity index is 547. The summed E-state index contributed by atoms with van der Waals surface area (Å²) < 4.78 is 16.3. The Morgan fingerprint density at radius 1 is 1.37 bits per heavy atom. The second-order valence-electron chi connectivity index (χ2n) is 4.41. The van der Waals surface area contributed by atoms with Crippen LogP contribution in [-0.4, -0.2) is 22.5 Å². The van der Waals surface area contributed by atoms with Crippen molar-refractivity contribution < 1.29 is 4.39 Å². The Morgan fingerprint density at radius 3 is 2.74 bits per heavy atom. The molecule has 0 saturated carbocycles. The van der Waals surface area contributed by atoms with E-state index >= 15 is 0 Å². The van der Waals surface area contributed by atoms with Gasteiger partial charge in [0, 0.05) is 28.5 Å². The van der Waals surface area contributed by atoms with Crippen LogP contribution in [0.1, 0.15) is 38.3 Å². The number of pyridine rings is 1. The van der Waals surface area contributed by atoms with E-state index in [2.05, 4.69) is 26.2 Å². The molecule has 0 amide bonds. The third-order valence-electron chi connectivity index (χ3n) is 3.31. The van der Waals surface area contributed by atoms with Gasteiger partial charge in [-0.25, -0.2) is 9.37 Å². The van der Waals surface area contributed by atoms with Gasteiger partial charge in [0.15, 0.2) is 11.5 Å². The van der Waals surface area contributed by atoms with Crippen LogP contribution in [0.2, 0.25) is 0 Å². The van der Waals surface area contributed by atoms with Gasteiger partial charge in [-0.2, -0.15) is 0 Å². The van der Waals surface area contributed by atoms with E-state index in [-0.39, 0.29) is 5.82 Å². The number of hydrogen-bond donors (Lipinski definition) is 1. The molecule has 19 heavy (non-hydrogen) atoms. The maximum Gasteiger partial charge on any atom is 0.173 e. The fourth-order valence-corrected chi connectivity index (χ4v) is 2.86. The molecule has 104 valence electrons. The van der Waals surface area contributed by atoms with Gasteiger partial charge in [0.2, 0.25) is 0 Å². The van der Waals surface area contributed by atoms with Crippen molar-refractivity contribution in [2.75, 3.05) is 13.1 Å². The SMILES string of the molecule is CC.Fc1cc(Br)cn2c(C3CCNCC3)cnc12. The van der Waals surface area contributed by atoms with E-state index in [0.29, 0.717) is 11.6 Å². The molecule has 0 bridgehead atoms. The summed E-state index contributed by atoms with van der Waals surface area (Å²) in [6.07, 6.45) is 5.87. The van der Waals surface area contributed by atoms with Crippen molar-refractivity contribution in [3.8, 4) is 0 Å². The highest BCUT2D eigenvalue weighted by atomic mass is 79.9. The maximum atomic E-state index is 13.7. The van der Waals surface area contributed by atoms with Crippen LogP contribution < -0.4 is 5.32 Å². The first-order valence-electron chi connectivity index (χ1n) is 6.78. The molecule has 1 fully saturated rings. The lowest BCUT2D eigenvalue weighted by Gasteiger charge is -2.22. The van der Waals surface area contributed by atoms with E-state index in [1.54, 1.807) is 6.20 Å². The van der Waals surface area contributed by atoms with Gasteiger partial charge >= 0.3 is 0 Å². The molecule has 3 heterocycles. The van der Waals surface area contributed by atoms with Gasteiger partial charge in [-0.3, -0.25) is 0 Å². The van der Waals surface area contributed by atoms with Crippen molar-refractivity contribution in [1.82, 2.24) is 14.7 Å². The summed E-state index contributed by atoms with van der Waals surface area (Å²) in [6, 6.07) is 1.45. The predicted octanol–water partition coefficient (Wildman–Crippen LogP) is 3.73. The molecular weight excluding hydrogens is 309 g/mol. The Morgan fingerprint density at radius 2 is 2.05 bits per heavy atom. The molecule has 3 rings (SSSR count). The van der Waals surface area contributed by atoms with Gasteiger partial charge < -0.3 is 9.72 Å². The molecule has 0 aromatic carbocycles. The Hall–Kier alpha value is -0.940. The summed E-state index contributed by atoms with van der Waals surface area (Å²) in [5.74, 6) is 0.194. The van der Waals surface area contributed by atoms with Crippen molar-refractivity contribution >= 4 is 21.6 Å². The van der Waals surface area contributed by atoms with Crippen LogP contribution in [0.3, 0.4) is 0 Å². The maximum absolute atomic E-state index is 13.7. The summed E-state index contributed by atoms with van der Waals surface area (Å²) in [7, 11) is 0. The second-order valence-corrected chi connectivity index (χ2v) is 5.32. The highest BCUT2D eigenvalue weighted by Crippen LogP contribution is 2.27. The molecule has 2 aromatic rings. The zero-order valence-corrected chi connectivity index (χ0v) is 12.9. The highest BCUT2D eigenvalue weighted by molar-refractivity contribution is 9.10. The minimum atomic E-state index is -0.278. The number of hydrogen-bond acceptors (Lipinski definition) is 2. The number of nitrogens with one attached hydrogen (secondary N) is 1. The Labute approximate surface area is 121 Å². The summed E-state index contributed by atoms with van der Waals surface area (Å²) in [4.78, 5) is 4.18. The molecule has 0 radical (unpaired) electrons. The topological polar surface area (TPSA) is 29.3 Å². The minimum Gasteiger partial charge on any atom is -0.317 e. The lowest BCUT2D eigenvalue weighted by Crippen LogP contribution is -2.27. The van der Waals surface area contributed by atoms with E-state index in [9.17, 15) is 4.39 Å². The largest absolute Gasteiger partial charge is 0.317 e. The summed E-state index contributed by atoms with van der Waals surface area (Å²) in [6.45, 7) is 6.04. The lowest BCUT2D eigenvalue weighted by atomic mass is 9.95. The van der Waals surface area contributed by atoms with Crippen LogP contribution in [0.15, 0.2) is 22.9 Å². The average molecular weight is 328 g/mol. The number of nitrogens with zero attached hydrogens (tertiary/aromatic N) is 2. The molecule has 1 aliphatic rings. The zero-order chi connectivity index (χ0) is 13.8. The molecule has 0 aliphatic carbocycles. The fraction of sp³-hybridized carbons (Fsp3) is 0.500. The quantitative estimate of drug-likeness (QED) is 0.864. The number of aromatic nitrogens is 2. The van der Waals surface area contributed by atoms with E-state index in [1.807, 2.05) is 24.4 Å². The third-order valence-corrected chi connectivity index (χ3v) is 3.75. The van der Waals surface area contributed by atoms with Crippen LogP contribution in [0.25, 0.3) is 5.65 Å². The fourth-order valence-electron chi connectivity index (χ4n) is 2.45. The smallest absolute Gasteiger partial charge is 0.173 e. The normalized spacial score (nSPS) is 16.2. The summed E-state index contributed by atoms with van der Waals surface area (Å²) in [5.41, 5.74) is 1.53. The summed E-state index contributed by atoms with van der Waals surface area (Å²) in [5, 5.41) is 3.33. The van der Waals surface area contributed by atoms with Crippen LogP contribution in [0.4, 0.5) is 4.39 Å². The van der Waals surface area contributed by atoms with Crippen molar-refractivity contribution in [2.45, 2.75) is 32.6 Å². The molecule has 5 heteroatoms. The number of piperidine rings is 1. The Balaban J connectivity index is 0.000000637. The first kappa shape index (κ1) is 14.5. The number of halogens is 2. The minimum absolute atomic E-state index is 0.278. The standard InChI is InChI=1S/C12H13BrFN3.C2H6/c13-9-5-10(14)12-16-6-11(17(12)7-9)8-1-3-15-4-2-8;1-2/h5-8,15H,1-4H2;1-2H3. The van der Waals surface area contributed by atoms with Crippen molar-refractivity contribution in [3.05, 3.63) is 34.4 Å². The van der Waals surface area contributed by atoms with E-state index in [4.69, 9.17) is 0 Å². The molecule has 1 saturated heterocycles. The highest BCUT2D eigenvalue weighted by Gasteiger charge is 2.20. The molecule has 1 aliphatic heterocycles. The van der Waals surface area contributed by atoms with Crippen LogP contribution in [0.5, 0.6) is 0 Å². The molecule has 3 nitrogen and oxygen atoms in total.